The molecule has 25 heavy (non-hydrogen) atoms. The number of piperidine rings is 1. The smallest absolute Gasteiger partial charge is 0.317 e. The lowest BCUT2D eigenvalue weighted by Crippen LogP contribution is -2.47. The van der Waals surface area contributed by atoms with E-state index >= 15 is 0 Å². The number of hydrogen-bond donors (Lipinski definition) is 2. The Hall–Kier alpha value is -1.66. The Morgan fingerprint density at radius 3 is 2.80 bits per heavy atom. The van der Waals surface area contributed by atoms with Gasteiger partial charge in [-0.2, -0.15) is 0 Å². The number of fused-ring (bicyclic) bond motifs is 1. The van der Waals surface area contributed by atoms with Crippen LogP contribution in [-0.2, 0) is 6.42 Å². The molecule has 0 aromatic heterocycles. The first-order valence-corrected chi connectivity index (χ1v) is 9.24. The van der Waals surface area contributed by atoms with Crippen LogP contribution < -0.4 is 5.32 Å². The molecule has 2 aliphatic heterocycles. The summed E-state index contributed by atoms with van der Waals surface area (Å²) in [6.45, 7) is 6.30. The van der Waals surface area contributed by atoms with Gasteiger partial charge >= 0.3 is 6.03 Å². The summed E-state index contributed by atoms with van der Waals surface area (Å²) in [6.07, 6.45) is 2.81. The fourth-order valence-corrected chi connectivity index (χ4v) is 3.88. The Morgan fingerprint density at radius 1 is 1.32 bits per heavy atom. The lowest BCUT2D eigenvalue weighted by atomic mass is 9.94. The summed E-state index contributed by atoms with van der Waals surface area (Å²) in [6, 6.07) is 4.67. The number of aliphatic hydroxyl groups excluding tert-OH is 1. The third-order valence-electron chi connectivity index (χ3n) is 5.58. The van der Waals surface area contributed by atoms with Gasteiger partial charge in [0.2, 0.25) is 0 Å². The van der Waals surface area contributed by atoms with E-state index in [9.17, 15) is 14.3 Å². The van der Waals surface area contributed by atoms with Crippen molar-refractivity contribution in [3.05, 3.63) is 35.1 Å². The standard InChI is InChI=1S/C19H28FN3O2/c1-14-18-12-17(20)3-2-16(18)6-10-23(14)19(25)21-7-11-22-8-4-15(13-24)5-9-22/h2-3,12,14-15,24H,4-11,13H2,1H3,(H,21,25). The van der Waals surface area contributed by atoms with Crippen molar-refractivity contribution >= 4 is 6.03 Å². The van der Waals surface area contributed by atoms with E-state index in [1.165, 1.54) is 6.07 Å². The lowest BCUT2D eigenvalue weighted by molar-refractivity contribution is 0.130. The molecule has 0 bridgehead atoms. The van der Waals surface area contributed by atoms with Gasteiger partial charge in [-0.15, -0.1) is 0 Å². The van der Waals surface area contributed by atoms with E-state index in [2.05, 4.69) is 10.2 Å². The second-order valence-electron chi connectivity index (χ2n) is 7.16. The zero-order valence-electron chi connectivity index (χ0n) is 14.9. The minimum Gasteiger partial charge on any atom is -0.396 e. The molecule has 2 heterocycles. The number of aliphatic hydroxyl groups is 1. The number of rotatable bonds is 4. The first kappa shape index (κ1) is 18.1. The lowest BCUT2D eigenvalue weighted by Gasteiger charge is -2.36. The number of likely N-dealkylation sites (tertiary alicyclic amines) is 1. The number of carbonyl (C=O) groups excluding carboxylic acids is 1. The van der Waals surface area contributed by atoms with Crippen LogP contribution in [0.15, 0.2) is 18.2 Å². The molecule has 6 heteroatoms. The number of carbonyl (C=O) groups is 1. The van der Waals surface area contributed by atoms with Crippen LogP contribution in [-0.4, -0.2) is 60.3 Å². The van der Waals surface area contributed by atoms with Crippen LogP contribution in [0.3, 0.4) is 0 Å². The highest BCUT2D eigenvalue weighted by atomic mass is 19.1. The van der Waals surface area contributed by atoms with E-state index in [1.807, 2.05) is 13.0 Å². The van der Waals surface area contributed by atoms with Gasteiger partial charge < -0.3 is 20.2 Å². The van der Waals surface area contributed by atoms with Crippen molar-refractivity contribution in [3.63, 3.8) is 0 Å². The Labute approximate surface area is 148 Å². The summed E-state index contributed by atoms with van der Waals surface area (Å²) in [5.74, 6) is 0.180. The Morgan fingerprint density at radius 2 is 2.08 bits per heavy atom. The number of halogens is 1. The van der Waals surface area contributed by atoms with E-state index < -0.39 is 0 Å². The average molecular weight is 349 g/mol. The Bertz CT molecular complexity index is 602. The number of urea groups is 1. The van der Waals surface area contributed by atoms with Crippen LogP contribution in [0.1, 0.15) is 36.9 Å². The fraction of sp³-hybridized carbons (Fsp3) is 0.632. The molecule has 0 aliphatic carbocycles. The summed E-state index contributed by atoms with van der Waals surface area (Å²) in [4.78, 5) is 16.6. The molecule has 0 radical (unpaired) electrons. The summed E-state index contributed by atoms with van der Waals surface area (Å²) >= 11 is 0. The number of benzene rings is 1. The van der Waals surface area contributed by atoms with Crippen molar-refractivity contribution in [2.45, 2.75) is 32.2 Å². The quantitative estimate of drug-likeness (QED) is 0.876. The van der Waals surface area contributed by atoms with Crippen LogP contribution in [0.25, 0.3) is 0 Å². The normalized spacial score (nSPS) is 21.9. The number of nitrogens with one attached hydrogen (secondary N) is 1. The second kappa shape index (κ2) is 8.15. The molecule has 1 saturated heterocycles. The maximum atomic E-state index is 13.5. The molecule has 1 atom stereocenters. The highest BCUT2D eigenvalue weighted by Crippen LogP contribution is 2.29. The SMILES string of the molecule is CC1c2cc(F)ccc2CCN1C(=O)NCCN1CCC(CO)CC1. The minimum absolute atomic E-state index is 0.0762. The van der Waals surface area contributed by atoms with E-state index in [0.29, 0.717) is 19.0 Å². The third kappa shape index (κ3) is 4.30. The van der Waals surface area contributed by atoms with Gasteiger partial charge in [0.1, 0.15) is 5.82 Å². The molecular weight excluding hydrogens is 321 g/mol. The van der Waals surface area contributed by atoms with E-state index in [-0.39, 0.29) is 24.5 Å². The molecule has 2 amide bonds. The molecule has 1 unspecified atom stereocenters. The summed E-state index contributed by atoms with van der Waals surface area (Å²) in [5.41, 5.74) is 2.04. The first-order valence-electron chi connectivity index (χ1n) is 9.24. The molecule has 0 spiro atoms. The van der Waals surface area contributed by atoms with Gasteiger partial charge in [0.25, 0.3) is 0 Å². The maximum absolute atomic E-state index is 13.5. The Balaban J connectivity index is 1.47. The van der Waals surface area contributed by atoms with Gasteiger partial charge in [-0.3, -0.25) is 0 Å². The van der Waals surface area contributed by atoms with Crippen LogP contribution >= 0.6 is 0 Å². The minimum atomic E-state index is -0.251. The van der Waals surface area contributed by atoms with Crippen LogP contribution in [0.5, 0.6) is 0 Å². The van der Waals surface area contributed by atoms with Gasteiger partial charge in [0.05, 0.1) is 6.04 Å². The second-order valence-corrected chi connectivity index (χ2v) is 7.16. The predicted octanol–water partition coefficient (Wildman–Crippen LogP) is 2.16. The molecule has 3 rings (SSSR count). The van der Waals surface area contributed by atoms with Crippen LogP contribution in [0.4, 0.5) is 9.18 Å². The summed E-state index contributed by atoms with van der Waals surface area (Å²) < 4.78 is 13.5. The van der Waals surface area contributed by atoms with Crippen LogP contribution in [0, 0.1) is 11.7 Å². The summed E-state index contributed by atoms with van der Waals surface area (Å²) in [7, 11) is 0. The first-order chi connectivity index (χ1) is 12.1. The van der Waals surface area contributed by atoms with Gasteiger partial charge in [0.15, 0.2) is 0 Å². The van der Waals surface area contributed by atoms with Gasteiger partial charge in [-0.05, 0) is 68.5 Å². The molecular formula is C19H28FN3O2. The molecule has 138 valence electrons. The van der Waals surface area contributed by atoms with E-state index in [4.69, 9.17) is 0 Å². The zero-order valence-corrected chi connectivity index (χ0v) is 14.9. The van der Waals surface area contributed by atoms with Crippen molar-refractivity contribution in [1.82, 2.24) is 15.1 Å². The average Bonchev–Trinajstić information content (AvgIpc) is 2.63. The molecule has 5 nitrogen and oxygen atoms in total. The molecule has 0 saturated carbocycles. The molecule has 1 aromatic carbocycles. The molecule has 1 aromatic rings. The topological polar surface area (TPSA) is 55.8 Å². The van der Waals surface area contributed by atoms with Crippen molar-refractivity contribution in [1.29, 1.82) is 0 Å². The van der Waals surface area contributed by atoms with Crippen molar-refractivity contribution in [2.24, 2.45) is 5.92 Å². The predicted molar refractivity (Wildman–Crippen MR) is 94.9 cm³/mol. The monoisotopic (exact) mass is 349 g/mol. The molecule has 1 fully saturated rings. The van der Waals surface area contributed by atoms with Crippen molar-refractivity contribution in [2.75, 3.05) is 39.3 Å². The number of hydrogen-bond acceptors (Lipinski definition) is 3. The van der Waals surface area contributed by atoms with Crippen molar-refractivity contribution < 1.29 is 14.3 Å². The number of nitrogens with zero attached hydrogens (tertiary/aromatic N) is 2. The van der Waals surface area contributed by atoms with Crippen molar-refractivity contribution in [3.8, 4) is 0 Å². The number of amides is 2. The summed E-state index contributed by atoms with van der Waals surface area (Å²) in [5, 5.41) is 12.2. The zero-order chi connectivity index (χ0) is 17.8. The highest BCUT2D eigenvalue weighted by molar-refractivity contribution is 5.75. The van der Waals surface area contributed by atoms with Gasteiger partial charge in [-0.25, -0.2) is 9.18 Å². The molecule has 2 aliphatic rings. The third-order valence-corrected chi connectivity index (χ3v) is 5.58. The molecule has 2 N–H and O–H groups in total. The highest BCUT2D eigenvalue weighted by Gasteiger charge is 2.28. The van der Waals surface area contributed by atoms with Gasteiger partial charge in [0, 0.05) is 26.2 Å². The largest absolute Gasteiger partial charge is 0.396 e. The van der Waals surface area contributed by atoms with Crippen LogP contribution in [0.2, 0.25) is 0 Å². The van der Waals surface area contributed by atoms with E-state index in [0.717, 1.165) is 50.0 Å². The maximum Gasteiger partial charge on any atom is 0.317 e. The fourth-order valence-electron chi connectivity index (χ4n) is 3.88. The van der Waals surface area contributed by atoms with Gasteiger partial charge in [-0.1, -0.05) is 6.07 Å². The van der Waals surface area contributed by atoms with E-state index in [1.54, 1.807) is 11.0 Å². The Kier molecular flexibility index (Phi) is 5.91.